The van der Waals surface area contributed by atoms with Crippen LogP contribution in [0.2, 0.25) is 0 Å². The van der Waals surface area contributed by atoms with Gasteiger partial charge in [0, 0.05) is 16.7 Å². The maximum atomic E-state index is 12.6. The summed E-state index contributed by atoms with van der Waals surface area (Å²) in [5.74, 6) is 1.78. The molecule has 2 nitrogen and oxygen atoms in total. The molecule has 0 saturated heterocycles. The van der Waals surface area contributed by atoms with Gasteiger partial charge in [-0.25, -0.2) is 0 Å². The second-order valence-electron chi connectivity index (χ2n) is 5.58. The molecule has 1 aromatic rings. The fraction of sp³-hybridized carbons (Fsp3) is 0.533. The van der Waals surface area contributed by atoms with Gasteiger partial charge in [-0.05, 0) is 72.2 Å². The van der Waals surface area contributed by atoms with Gasteiger partial charge in [0.25, 0.3) is 5.91 Å². The van der Waals surface area contributed by atoms with Gasteiger partial charge in [-0.2, -0.15) is 0 Å². The number of amides is 1. The number of hydrogen-bond donors (Lipinski definition) is 0. The zero-order valence-corrected chi connectivity index (χ0v) is 12.6. The molecule has 18 heavy (non-hydrogen) atoms. The third kappa shape index (κ3) is 3.05. The summed E-state index contributed by atoms with van der Waals surface area (Å²) in [6.07, 6.45) is 5.22. The Labute approximate surface area is 122 Å². The van der Waals surface area contributed by atoms with E-state index >= 15 is 0 Å². The standard InChI is InChI=1S/C15H18INO/c16-14-4-2-1-3-13(14)15(18)17(9-11-5-6-11)10-12-7-8-12/h1-4,11-12H,5-10H2. The molecule has 96 valence electrons. The minimum Gasteiger partial charge on any atom is -0.338 e. The molecule has 1 amide bonds. The van der Waals surface area contributed by atoms with Crippen LogP contribution in [-0.2, 0) is 0 Å². The largest absolute Gasteiger partial charge is 0.338 e. The first-order chi connectivity index (χ1) is 8.74. The monoisotopic (exact) mass is 355 g/mol. The molecule has 2 aliphatic carbocycles. The quantitative estimate of drug-likeness (QED) is 0.740. The molecule has 0 heterocycles. The molecule has 0 aromatic heterocycles. The molecule has 0 aliphatic heterocycles. The van der Waals surface area contributed by atoms with Crippen LogP contribution in [0, 0.1) is 15.4 Å². The van der Waals surface area contributed by atoms with Gasteiger partial charge in [-0.1, -0.05) is 12.1 Å². The molecule has 1 aromatic carbocycles. The average molecular weight is 355 g/mol. The molecule has 0 N–H and O–H groups in total. The van der Waals surface area contributed by atoms with Crippen LogP contribution >= 0.6 is 22.6 Å². The second-order valence-corrected chi connectivity index (χ2v) is 6.74. The summed E-state index contributed by atoms with van der Waals surface area (Å²) in [7, 11) is 0. The first-order valence-corrected chi connectivity index (χ1v) is 7.85. The highest BCUT2D eigenvalue weighted by atomic mass is 127. The Morgan fingerprint density at radius 3 is 2.17 bits per heavy atom. The summed E-state index contributed by atoms with van der Waals surface area (Å²) in [6, 6.07) is 7.92. The van der Waals surface area contributed by atoms with Crippen LogP contribution in [0.25, 0.3) is 0 Å². The zero-order chi connectivity index (χ0) is 12.5. The van der Waals surface area contributed by atoms with Crippen LogP contribution in [0.4, 0.5) is 0 Å². The second kappa shape index (κ2) is 5.19. The number of carbonyl (C=O) groups is 1. The van der Waals surface area contributed by atoms with Crippen molar-refractivity contribution in [1.82, 2.24) is 4.90 Å². The van der Waals surface area contributed by atoms with Gasteiger partial charge in [0.2, 0.25) is 0 Å². The molecular formula is C15H18INO. The molecule has 0 spiro atoms. The lowest BCUT2D eigenvalue weighted by Gasteiger charge is -2.23. The number of rotatable bonds is 5. The lowest BCUT2D eigenvalue weighted by Crippen LogP contribution is -2.35. The van der Waals surface area contributed by atoms with Crippen molar-refractivity contribution < 1.29 is 4.79 Å². The zero-order valence-electron chi connectivity index (χ0n) is 10.4. The molecule has 2 aliphatic rings. The van der Waals surface area contributed by atoms with Crippen molar-refractivity contribution in [2.75, 3.05) is 13.1 Å². The Morgan fingerprint density at radius 2 is 1.67 bits per heavy atom. The molecule has 0 atom stereocenters. The van der Waals surface area contributed by atoms with Crippen LogP contribution in [0.15, 0.2) is 24.3 Å². The van der Waals surface area contributed by atoms with Crippen molar-refractivity contribution in [2.24, 2.45) is 11.8 Å². The van der Waals surface area contributed by atoms with E-state index in [2.05, 4.69) is 27.5 Å². The predicted molar refractivity (Wildman–Crippen MR) is 80.5 cm³/mol. The Hall–Kier alpha value is -0.580. The highest BCUT2D eigenvalue weighted by molar-refractivity contribution is 14.1. The Kier molecular flexibility index (Phi) is 3.59. The average Bonchev–Trinajstić information content (AvgIpc) is 3.23. The molecule has 0 radical (unpaired) electrons. The van der Waals surface area contributed by atoms with E-state index in [0.29, 0.717) is 0 Å². The first-order valence-electron chi connectivity index (χ1n) is 6.78. The van der Waals surface area contributed by atoms with Gasteiger partial charge in [0.15, 0.2) is 0 Å². The maximum absolute atomic E-state index is 12.6. The van der Waals surface area contributed by atoms with E-state index in [4.69, 9.17) is 0 Å². The third-order valence-corrected chi connectivity index (χ3v) is 4.68. The van der Waals surface area contributed by atoms with Crippen molar-refractivity contribution >= 4 is 28.5 Å². The van der Waals surface area contributed by atoms with Gasteiger partial charge >= 0.3 is 0 Å². The number of halogens is 1. The number of benzene rings is 1. The Bertz CT molecular complexity index is 438. The molecule has 0 bridgehead atoms. The smallest absolute Gasteiger partial charge is 0.254 e. The Balaban J connectivity index is 1.75. The SMILES string of the molecule is O=C(c1ccccc1I)N(CC1CC1)CC1CC1. The minimum absolute atomic E-state index is 0.235. The van der Waals surface area contributed by atoms with E-state index < -0.39 is 0 Å². The number of hydrogen-bond acceptors (Lipinski definition) is 1. The van der Waals surface area contributed by atoms with Gasteiger partial charge in [-0.15, -0.1) is 0 Å². The lowest BCUT2D eigenvalue weighted by molar-refractivity contribution is 0.0738. The van der Waals surface area contributed by atoms with Crippen molar-refractivity contribution in [1.29, 1.82) is 0 Å². The predicted octanol–water partition coefficient (Wildman–Crippen LogP) is 3.55. The van der Waals surface area contributed by atoms with Crippen LogP contribution in [-0.4, -0.2) is 23.9 Å². The van der Waals surface area contributed by atoms with E-state index in [1.807, 2.05) is 24.3 Å². The third-order valence-electron chi connectivity index (χ3n) is 3.74. The van der Waals surface area contributed by atoms with Gasteiger partial charge in [0.1, 0.15) is 0 Å². The summed E-state index contributed by atoms with van der Waals surface area (Å²) in [6.45, 7) is 1.95. The molecule has 2 fully saturated rings. The molecule has 2 saturated carbocycles. The summed E-state index contributed by atoms with van der Waals surface area (Å²) in [5.41, 5.74) is 0.874. The summed E-state index contributed by atoms with van der Waals surface area (Å²) >= 11 is 2.26. The van der Waals surface area contributed by atoms with Crippen LogP contribution in [0.1, 0.15) is 36.0 Å². The van der Waals surface area contributed by atoms with Crippen LogP contribution in [0.5, 0.6) is 0 Å². The maximum Gasteiger partial charge on any atom is 0.254 e. The van der Waals surface area contributed by atoms with Gasteiger partial charge in [-0.3, -0.25) is 4.79 Å². The van der Waals surface area contributed by atoms with Gasteiger partial charge < -0.3 is 4.90 Å². The van der Waals surface area contributed by atoms with E-state index in [1.54, 1.807) is 0 Å². The van der Waals surface area contributed by atoms with Gasteiger partial charge in [0.05, 0.1) is 5.56 Å². The lowest BCUT2D eigenvalue weighted by atomic mass is 10.2. The summed E-state index contributed by atoms with van der Waals surface area (Å²) in [4.78, 5) is 14.7. The topological polar surface area (TPSA) is 20.3 Å². The summed E-state index contributed by atoms with van der Waals surface area (Å²) < 4.78 is 1.07. The van der Waals surface area contributed by atoms with E-state index in [-0.39, 0.29) is 5.91 Å². The molecule has 3 rings (SSSR count). The summed E-state index contributed by atoms with van der Waals surface area (Å²) in [5, 5.41) is 0. The Morgan fingerprint density at radius 1 is 1.11 bits per heavy atom. The molecular weight excluding hydrogens is 337 g/mol. The van der Waals surface area contributed by atoms with Crippen molar-refractivity contribution in [3.05, 3.63) is 33.4 Å². The first kappa shape index (κ1) is 12.5. The highest BCUT2D eigenvalue weighted by Gasteiger charge is 2.32. The molecule has 0 unspecified atom stereocenters. The van der Waals surface area contributed by atoms with E-state index in [9.17, 15) is 4.79 Å². The van der Waals surface area contributed by atoms with E-state index in [0.717, 1.165) is 34.1 Å². The van der Waals surface area contributed by atoms with Crippen molar-refractivity contribution in [3.63, 3.8) is 0 Å². The van der Waals surface area contributed by atoms with Crippen molar-refractivity contribution in [2.45, 2.75) is 25.7 Å². The fourth-order valence-corrected chi connectivity index (χ4v) is 2.89. The highest BCUT2D eigenvalue weighted by Crippen LogP contribution is 2.34. The fourth-order valence-electron chi connectivity index (χ4n) is 2.27. The number of nitrogens with zero attached hydrogens (tertiary/aromatic N) is 1. The van der Waals surface area contributed by atoms with Crippen LogP contribution < -0.4 is 0 Å². The van der Waals surface area contributed by atoms with Crippen molar-refractivity contribution in [3.8, 4) is 0 Å². The van der Waals surface area contributed by atoms with E-state index in [1.165, 1.54) is 25.7 Å². The normalized spacial score (nSPS) is 18.7. The minimum atomic E-state index is 0.235. The molecule has 3 heteroatoms. The number of carbonyl (C=O) groups excluding carboxylic acids is 1. The van der Waals surface area contributed by atoms with Crippen LogP contribution in [0.3, 0.4) is 0 Å².